The van der Waals surface area contributed by atoms with Crippen LogP contribution in [0.25, 0.3) is 10.8 Å². The fourth-order valence-electron chi connectivity index (χ4n) is 3.32. The molecule has 4 rings (SSSR count). The first kappa shape index (κ1) is 16.6. The number of aryl methyl sites for hydroxylation is 1. The lowest BCUT2D eigenvalue weighted by atomic mass is 10.1. The Morgan fingerprint density at radius 2 is 1.73 bits per heavy atom. The summed E-state index contributed by atoms with van der Waals surface area (Å²) in [6.45, 7) is 4.33. The average molecular weight is 367 g/mol. The summed E-state index contributed by atoms with van der Waals surface area (Å²) in [5, 5.41) is 1.16. The smallest absolute Gasteiger partial charge is 0.339 e. The minimum absolute atomic E-state index is 0.0597. The van der Waals surface area contributed by atoms with Crippen LogP contribution in [0.2, 0.25) is 0 Å². The van der Waals surface area contributed by atoms with E-state index in [4.69, 9.17) is 4.18 Å². The number of benzene rings is 3. The molecule has 3 aromatic carbocycles. The van der Waals surface area contributed by atoms with Crippen molar-refractivity contribution in [2.45, 2.75) is 18.7 Å². The molecule has 0 saturated carbocycles. The lowest BCUT2D eigenvalue weighted by molar-refractivity contribution is 0.0994. The molecule has 26 heavy (non-hydrogen) atoms. The van der Waals surface area contributed by atoms with Crippen molar-refractivity contribution in [2.24, 2.45) is 0 Å². The Morgan fingerprint density at radius 3 is 2.42 bits per heavy atom. The van der Waals surface area contributed by atoms with E-state index in [1.807, 2.05) is 13.8 Å². The molecule has 0 N–H and O–H groups in total. The molecule has 1 amide bonds. The quantitative estimate of drug-likeness (QED) is 0.656. The zero-order valence-electron chi connectivity index (χ0n) is 14.4. The van der Waals surface area contributed by atoms with Crippen molar-refractivity contribution in [3.05, 3.63) is 65.7 Å². The third-order valence-electron chi connectivity index (χ3n) is 4.56. The van der Waals surface area contributed by atoms with E-state index < -0.39 is 10.1 Å². The van der Waals surface area contributed by atoms with E-state index in [0.717, 1.165) is 11.3 Å². The van der Waals surface area contributed by atoms with Gasteiger partial charge in [-0.2, -0.15) is 8.42 Å². The van der Waals surface area contributed by atoms with Crippen molar-refractivity contribution in [3.8, 4) is 5.75 Å². The number of carbonyl (C=O) groups is 1. The maximum absolute atomic E-state index is 12.9. The molecule has 0 unspecified atom stereocenters. The first-order valence-corrected chi connectivity index (χ1v) is 9.72. The second-order valence-corrected chi connectivity index (χ2v) is 7.73. The SMILES string of the molecule is CCN1C(=O)c2cccc3c(S(=O)(=O)Oc4ccc(C)cc4)ccc1c23. The first-order valence-electron chi connectivity index (χ1n) is 8.31. The van der Waals surface area contributed by atoms with Crippen LogP contribution in [-0.4, -0.2) is 20.9 Å². The third-order valence-corrected chi connectivity index (χ3v) is 5.86. The van der Waals surface area contributed by atoms with Crippen molar-refractivity contribution in [1.29, 1.82) is 0 Å². The zero-order chi connectivity index (χ0) is 18.5. The normalized spacial score (nSPS) is 13.5. The lowest BCUT2D eigenvalue weighted by Gasteiger charge is -2.15. The maximum atomic E-state index is 12.9. The molecule has 0 bridgehead atoms. The molecule has 0 radical (unpaired) electrons. The summed E-state index contributed by atoms with van der Waals surface area (Å²) in [7, 11) is -4.03. The van der Waals surface area contributed by atoms with Crippen LogP contribution in [0.4, 0.5) is 5.69 Å². The van der Waals surface area contributed by atoms with Gasteiger partial charge in [0.05, 0.1) is 5.69 Å². The first-order chi connectivity index (χ1) is 12.4. The largest absolute Gasteiger partial charge is 0.379 e. The monoisotopic (exact) mass is 367 g/mol. The molecule has 0 saturated heterocycles. The van der Waals surface area contributed by atoms with E-state index in [9.17, 15) is 13.2 Å². The number of amides is 1. The predicted molar refractivity (Wildman–Crippen MR) is 100 cm³/mol. The summed E-state index contributed by atoms with van der Waals surface area (Å²) >= 11 is 0. The topological polar surface area (TPSA) is 63.7 Å². The third kappa shape index (κ3) is 2.45. The van der Waals surface area contributed by atoms with Crippen LogP contribution in [0.5, 0.6) is 5.75 Å². The van der Waals surface area contributed by atoms with Crippen LogP contribution in [0.3, 0.4) is 0 Å². The highest BCUT2D eigenvalue weighted by Crippen LogP contribution is 2.40. The van der Waals surface area contributed by atoms with Gasteiger partial charge in [0, 0.05) is 22.9 Å². The molecule has 0 spiro atoms. The van der Waals surface area contributed by atoms with Crippen molar-refractivity contribution >= 4 is 32.5 Å². The fourth-order valence-corrected chi connectivity index (χ4v) is 4.45. The lowest BCUT2D eigenvalue weighted by Crippen LogP contribution is -2.25. The number of rotatable bonds is 4. The Morgan fingerprint density at radius 1 is 1.00 bits per heavy atom. The Labute approximate surface area is 151 Å². The minimum atomic E-state index is -4.03. The average Bonchev–Trinajstić information content (AvgIpc) is 2.90. The van der Waals surface area contributed by atoms with Gasteiger partial charge in [-0.3, -0.25) is 4.79 Å². The second-order valence-electron chi connectivity index (χ2n) is 6.21. The van der Waals surface area contributed by atoms with E-state index in [2.05, 4.69) is 0 Å². The zero-order valence-corrected chi connectivity index (χ0v) is 15.2. The highest BCUT2D eigenvalue weighted by Gasteiger charge is 2.31. The molecule has 5 nitrogen and oxygen atoms in total. The van der Waals surface area contributed by atoms with Crippen LogP contribution >= 0.6 is 0 Å². The van der Waals surface area contributed by atoms with E-state index in [1.54, 1.807) is 53.4 Å². The summed E-state index contributed by atoms with van der Waals surface area (Å²) in [4.78, 5) is 14.2. The molecule has 3 aromatic rings. The van der Waals surface area contributed by atoms with Crippen molar-refractivity contribution < 1.29 is 17.4 Å². The second kappa shape index (κ2) is 5.85. The molecule has 1 aliphatic rings. The van der Waals surface area contributed by atoms with Crippen LogP contribution in [-0.2, 0) is 10.1 Å². The minimum Gasteiger partial charge on any atom is -0.379 e. The van der Waals surface area contributed by atoms with Gasteiger partial charge >= 0.3 is 10.1 Å². The van der Waals surface area contributed by atoms with E-state index >= 15 is 0 Å². The number of carbonyl (C=O) groups excluding carboxylic acids is 1. The Balaban J connectivity index is 1.87. The van der Waals surface area contributed by atoms with Gasteiger partial charge in [-0.25, -0.2) is 0 Å². The molecule has 132 valence electrons. The number of hydrogen-bond donors (Lipinski definition) is 0. The van der Waals surface area contributed by atoms with Crippen LogP contribution in [0.1, 0.15) is 22.8 Å². The van der Waals surface area contributed by atoms with Gasteiger partial charge in [0.15, 0.2) is 0 Å². The van der Waals surface area contributed by atoms with Crippen molar-refractivity contribution in [3.63, 3.8) is 0 Å². The fraction of sp³-hybridized carbons (Fsp3) is 0.150. The highest BCUT2D eigenvalue weighted by molar-refractivity contribution is 7.87. The van der Waals surface area contributed by atoms with Gasteiger partial charge in [0.2, 0.25) is 0 Å². The number of hydrogen-bond acceptors (Lipinski definition) is 4. The molecule has 0 aromatic heterocycles. The Bertz CT molecular complexity index is 1130. The summed E-state index contributed by atoms with van der Waals surface area (Å²) < 4.78 is 31.0. The molecular formula is C20H17NO4S. The maximum Gasteiger partial charge on any atom is 0.339 e. The van der Waals surface area contributed by atoms with E-state index in [1.165, 1.54) is 6.07 Å². The van der Waals surface area contributed by atoms with Gasteiger partial charge in [-0.1, -0.05) is 29.8 Å². The Kier molecular flexibility index (Phi) is 3.73. The summed E-state index contributed by atoms with van der Waals surface area (Å²) in [5.41, 5.74) is 2.27. The molecule has 6 heteroatoms. The summed E-state index contributed by atoms with van der Waals surface area (Å²) in [5.74, 6) is 0.146. The van der Waals surface area contributed by atoms with Crippen molar-refractivity contribution in [1.82, 2.24) is 0 Å². The molecule has 1 heterocycles. The standard InChI is InChI=1S/C20H17NO4S/c1-3-21-17-11-12-18(15-5-4-6-16(19(15)17)20(21)22)26(23,24)25-14-9-7-13(2)8-10-14/h4-12H,3H2,1-2H3. The van der Waals surface area contributed by atoms with Crippen LogP contribution in [0.15, 0.2) is 59.5 Å². The van der Waals surface area contributed by atoms with Gasteiger partial charge in [0.25, 0.3) is 5.91 Å². The van der Waals surface area contributed by atoms with Crippen LogP contribution < -0.4 is 9.08 Å². The van der Waals surface area contributed by atoms with Crippen LogP contribution in [0, 0.1) is 6.92 Å². The van der Waals surface area contributed by atoms with Gasteiger partial charge in [-0.05, 0) is 44.2 Å². The molecule has 0 atom stereocenters. The summed E-state index contributed by atoms with van der Waals surface area (Å²) in [6, 6.07) is 15.1. The number of nitrogens with zero attached hydrogens (tertiary/aromatic N) is 1. The van der Waals surface area contributed by atoms with E-state index in [-0.39, 0.29) is 16.6 Å². The molecule has 1 aliphatic heterocycles. The van der Waals surface area contributed by atoms with E-state index in [0.29, 0.717) is 22.9 Å². The molecular weight excluding hydrogens is 350 g/mol. The van der Waals surface area contributed by atoms with Gasteiger partial charge in [-0.15, -0.1) is 0 Å². The Hall–Kier alpha value is -2.86. The summed E-state index contributed by atoms with van der Waals surface area (Å²) in [6.07, 6.45) is 0. The molecule has 0 fully saturated rings. The van der Waals surface area contributed by atoms with Crippen molar-refractivity contribution in [2.75, 3.05) is 11.4 Å². The van der Waals surface area contributed by atoms with Gasteiger partial charge < -0.3 is 9.08 Å². The molecule has 0 aliphatic carbocycles. The number of anilines is 1. The predicted octanol–water partition coefficient (Wildman–Crippen LogP) is 3.90. The van der Waals surface area contributed by atoms with Gasteiger partial charge in [0.1, 0.15) is 10.6 Å². The highest BCUT2D eigenvalue weighted by atomic mass is 32.2.